The molecule has 0 atom stereocenters. The summed E-state index contributed by atoms with van der Waals surface area (Å²) in [5.74, 6) is 0. The molecule has 0 spiro atoms. The fourth-order valence-electron chi connectivity index (χ4n) is 2.89. The van der Waals surface area contributed by atoms with Gasteiger partial charge in [-0.2, -0.15) is 4.57 Å². The highest BCUT2D eigenvalue weighted by atomic mass is 35.5. The molecule has 1 N–H and O–H groups in total. The molecule has 0 saturated carbocycles. The van der Waals surface area contributed by atoms with Gasteiger partial charge in [0.15, 0.2) is 0 Å². The van der Waals surface area contributed by atoms with Crippen LogP contribution in [0, 0.1) is 0 Å². The van der Waals surface area contributed by atoms with E-state index in [9.17, 15) is 0 Å². The Labute approximate surface area is 148 Å². The molecule has 0 fully saturated rings. The second-order valence-corrected chi connectivity index (χ2v) is 6.32. The van der Waals surface area contributed by atoms with E-state index >= 15 is 0 Å². The first-order chi connectivity index (χ1) is 10.1. The highest BCUT2D eigenvalue weighted by Crippen LogP contribution is 2.34. The Morgan fingerprint density at radius 1 is 0.909 bits per heavy atom. The lowest BCUT2D eigenvalue weighted by Gasteiger charge is -2.02. The van der Waals surface area contributed by atoms with Crippen LogP contribution in [0.4, 0.5) is 0 Å². The predicted molar refractivity (Wildman–Crippen MR) is 89.5 cm³/mol. The van der Waals surface area contributed by atoms with Gasteiger partial charge in [-0.05, 0) is 30.3 Å². The van der Waals surface area contributed by atoms with Crippen molar-refractivity contribution >= 4 is 67.6 Å². The van der Waals surface area contributed by atoms with Crippen molar-refractivity contribution in [1.82, 2.24) is 4.98 Å². The molecule has 4 rings (SSSR count). The van der Waals surface area contributed by atoms with E-state index < -0.39 is 0 Å². The molecule has 0 radical (unpaired) electrons. The lowest BCUT2D eigenvalue weighted by Crippen LogP contribution is -3.00. The minimum atomic E-state index is 0. The van der Waals surface area contributed by atoms with Crippen molar-refractivity contribution in [2.45, 2.75) is 0 Å². The fraction of sp³-hybridized carbons (Fsp3) is 0.0625. The third-order valence-corrected chi connectivity index (χ3v) is 4.71. The number of nitrogens with one attached hydrogen (secondary N) is 1. The highest BCUT2D eigenvalue weighted by molar-refractivity contribution is 6.41. The van der Waals surface area contributed by atoms with Crippen LogP contribution in [0.15, 0.2) is 36.4 Å². The van der Waals surface area contributed by atoms with Crippen LogP contribution in [0.25, 0.3) is 32.8 Å². The zero-order valence-corrected chi connectivity index (χ0v) is 14.4. The summed E-state index contributed by atoms with van der Waals surface area (Å²) >= 11 is 18.8. The molecule has 4 aromatic rings. The van der Waals surface area contributed by atoms with Crippen LogP contribution in [0.2, 0.25) is 15.1 Å². The Bertz CT molecular complexity index is 1040. The normalized spacial score (nSPS) is 11.3. The molecule has 2 aromatic heterocycles. The second kappa shape index (κ2) is 5.47. The van der Waals surface area contributed by atoms with Crippen LogP contribution in [0.1, 0.15) is 0 Å². The molecule has 0 bridgehead atoms. The average Bonchev–Trinajstić information content (AvgIpc) is 2.83. The van der Waals surface area contributed by atoms with Gasteiger partial charge >= 0.3 is 0 Å². The number of hydrogen-bond donors (Lipinski definition) is 1. The molecule has 2 nitrogen and oxygen atoms in total. The van der Waals surface area contributed by atoms with Crippen LogP contribution >= 0.6 is 34.8 Å². The molecule has 0 unspecified atom stereocenters. The molecular weight excluding hydrogens is 362 g/mol. The summed E-state index contributed by atoms with van der Waals surface area (Å²) < 4.78 is 2.11. The summed E-state index contributed by atoms with van der Waals surface area (Å²) in [5, 5.41) is 4.13. The Kier molecular flexibility index (Phi) is 3.90. The topological polar surface area (TPSA) is 19.7 Å². The molecule has 112 valence electrons. The number of H-pyrrole nitrogens is 1. The molecule has 0 aliphatic heterocycles. The smallest absolute Gasteiger partial charge is 0.240 e. The standard InChI is InChI=1S/C16H9Cl3N2.ClH/c1-21-13-7-9(18)3-5-11(13)14(19)15-16(21)10-4-2-8(17)6-12(10)20-15;/h2-7H,1H3;1H. The van der Waals surface area contributed by atoms with Gasteiger partial charge in [-0.15, -0.1) is 0 Å². The number of rotatable bonds is 0. The van der Waals surface area contributed by atoms with Crippen LogP contribution in [0.3, 0.4) is 0 Å². The number of aromatic amines is 1. The van der Waals surface area contributed by atoms with E-state index in [4.69, 9.17) is 34.8 Å². The number of nitrogens with zero attached hydrogens (tertiary/aromatic N) is 1. The summed E-state index contributed by atoms with van der Waals surface area (Å²) in [6.45, 7) is 0. The van der Waals surface area contributed by atoms with Crippen molar-refractivity contribution < 1.29 is 17.0 Å². The third-order valence-electron chi connectivity index (χ3n) is 3.85. The van der Waals surface area contributed by atoms with E-state index in [1.807, 2.05) is 43.4 Å². The van der Waals surface area contributed by atoms with Gasteiger partial charge in [0.25, 0.3) is 0 Å². The van der Waals surface area contributed by atoms with Crippen molar-refractivity contribution in [2.75, 3.05) is 0 Å². The summed E-state index contributed by atoms with van der Waals surface area (Å²) in [7, 11) is 2.01. The van der Waals surface area contributed by atoms with E-state index in [1.54, 1.807) is 0 Å². The van der Waals surface area contributed by atoms with Crippen molar-refractivity contribution in [1.29, 1.82) is 0 Å². The Hall–Kier alpha value is -1.19. The Balaban J connectivity index is 0.00000144. The van der Waals surface area contributed by atoms with Crippen molar-refractivity contribution in [3.05, 3.63) is 51.5 Å². The Morgan fingerprint density at radius 3 is 2.27 bits per heavy atom. The molecule has 0 aliphatic carbocycles. The lowest BCUT2D eigenvalue weighted by atomic mass is 10.1. The number of benzene rings is 2. The van der Waals surface area contributed by atoms with E-state index in [0.717, 1.165) is 32.8 Å². The molecule has 0 saturated heterocycles. The van der Waals surface area contributed by atoms with Gasteiger partial charge in [0.05, 0.1) is 21.3 Å². The number of halogens is 4. The van der Waals surface area contributed by atoms with Gasteiger partial charge < -0.3 is 17.4 Å². The number of aryl methyl sites for hydroxylation is 1. The summed E-state index contributed by atoms with van der Waals surface area (Å²) in [6.07, 6.45) is 0. The van der Waals surface area contributed by atoms with E-state index in [1.165, 1.54) is 0 Å². The van der Waals surface area contributed by atoms with Gasteiger partial charge in [-0.25, -0.2) is 0 Å². The van der Waals surface area contributed by atoms with Crippen LogP contribution in [-0.4, -0.2) is 4.98 Å². The molecule has 22 heavy (non-hydrogen) atoms. The number of aromatic nitrogens is 2. The maximum Gasteiger partial charge on any atom is 0.240 e. The summed E-state index contributed by atoms with van der Waals surface area (Å²) in [5.41, 5.74) is 3.92. The SMILES string of the molecule is C[n+]1c2cc(Cl)ccc2c(Cl)c2[nH]c3cc(Cl)ccc3c21.[Cl-]. The minimum Gasteiger partial charge on any atom is -1.00 e. The zero-order chi connectivity index (χ0) is 14.7. The van der Waals surface area contributed by atoms with Crippen LogP contribution in [-0.2, 0) is 7.05 Å². The van der Waals surface area contributed by atoms with Crippen LogP contribution in [0.5, 0.6) is 0 Å². The van der Waals surface area contributed by atoms with Gasteiger partial charge in [-0.3, -0.25) is 0 Å². The number of pyridine rings is 1. The maximum absolute atomic E-state index is 6.59. The zero-order valence-electron chi connectivity index (χ0n) is 11.4. The van der Waals surface area contributed by atoms with Gasteiger partial charge in [0.1, 0.15) is 12.6 Å². The van der Waals surface area contributed by atoms with E-state index in [0.29, 0.717) is 15.1 Å². The largest absolute Gasteiger partial charge is 1.00 e. The van der Waals surface area contributed by atoms with Crippen molar-refractivity contribution in [3.63, 3.8) is 0 Å². The Morgan fingerprint density at radius 2 is 1.55 bits per heavy atom. The quantitative estimate of drug-likeness (QED) is 0.457. The van der Waals surface area contributed by atoms with Crippen molar-refractivity contribution in [2.24, 2.45) is 7.05 Å². The third kappa shape index (κ3) is 2.14. The molecule has 2 heterocycles. The highest BCUT2D eigenvalue weighted by Gasteiger charge is 2.21. The van der Waals surface area contributed by atoms with Gasteiger partial charge in [-0.1, -0.05) is 34.8 Å². The molecule has 0 aliphatic rings. The summed E-state index contributed by atoms with van der Waals surface area (Å²) in [4.78, 5) is 3.36. The molecule has 2 aromatic carbocycles. The fourth-order valence-corrected chi connectivity index (χ4v) is 3.52. The number of hydrogen-bond acceptors (Lipinski definition) is 0. The maximum atomic E-state index is 6.59. The minimum absolute atomic E-state index is 0. The molecule has 0 amide bonds. The van der Waals surface area contributed by atoms with E-state index in [2.05, 4.69) is 9.55 Å². The van der Waals surface area contributed by atoms with Crippen LogP contribution < -0.4 is 17.0 Å². The monoisotopic (exact) mass is 370 g/mol. The van der Waals surface area contributed by atoms with Gasteiger partial charge in [0, 0.05) is 16.1 Å². The van der Waals surface area contributed by atoms with Gasteiger partial charge in [0.2, 0.25) is 11.0 Å². The first kappa shape index (κ1) is 15.7. The average molecular weight is 372 g/mol. The van der Waals surface area contributed by atoms with Crippen molar-refractivity contribution in [3.8, 4) is 0 Å². The number of fused-ring (bicyclic) bond motifs is 4. The van der Waals surface area contributed by atoms with E-state index in [-0.39, 0.29) is 12.4 Å². The first-order valence-electron chi connectivity index (χ1n) is 6.44. The molecule has 6 heteroatoms. The second-order valence-electron chi connectivity index (χ2n) is 5.07. The first-order valence-corrected chi connectivity index (χ1v) is 7.57. The molecular formula is C16H10Cl4N2. The lowest BCUT2D eigenvalue weighted by molar-refractivity contribution is -0.616. The summed E-state index contributed by atoms with van der Waals surface area (Å²) in [6, 6.07) is 11.5. The predicted octanol–water partition coefficient (Wildman–Crippen LogP) is 2.26.